The summed E-state index contributed by atoms with van der Waals surface area (Å²) in [5.41, 5.74) is 0.0753. The van der Waals surface area contributed by atoms with E-state index in [9.17, 15) is 13.2 Å². The lowest BCUT2D eigenvalue weighted by molar-refractivity contribution is -0.137. The molecule has 1 aliphatic heterocycles. The Morgan fingerprint density at radius 1 is 1.19 bits per heavy atom. The number of ether oxygens (including phenoxy) is 1. The smallest absolute Gasteiger partial charge is 0.379 e. The molecule has 1 aromatic carbocycles. The number of morpholine rings is 1. The van der Waals surface area contributed by atoms with E-state index in [4.69, 9.17) is 4.74 Å². The van der Waals surface area contributed by atoms with Crippen LogP contribution in [0.25, 0.3) is 0 Å². The predicted octanol–water partition coefficient (Wildman–Crippen LogP) is 2.52. The molecule has 3 nitrogen and oxygen atoms in total. The Labute approximate surface area is 123 Å². The normalized spacial score (nSPS) is 17.1. The Hall–Kier alpha value is -1.11. The summed E-state index contributed by atoms with van der Waals surface area (Å²) in [6.45, 7) is 5.77. The number of nitrogens with zero attached hydrogens (tertiary/aromatic N) is 1. The summed E-state index contributed by atoms with van der Waals surface area (Å²) in [7, 11) is 0. The molecule has 1 aromatic rings. The quantitative estimate of drug-likeness (QED) is 0.817. The molecule has 0 saturated carbocycles. The van der Waals surface area contributed by atoms with E-state index < -0.39 is 11.7 Å². The zero-order chi connectivity index (χ0) is 15.1. The van der Waals surface area contributed by atoms with Crippen molar-refractivity contribution in [3.05, 3.63) is 35.4 Å². The second-order valence-corrected chi connectivity index (χ2v) is 5.18. The first-order chi connectivity index (χ1) is 10.1. The van der Waals surface area contributed by atoms with Gasteiger partial charge in [0.2, 0.25) is 0 Å². The first-order valence-corrected chi connectivity index (χ1v) is 7.23. The van der Waals surface area contributed by atoms with E-state index in [2.05, 4.69) is 10.2 Å². The van der Waals surface area contributed by atoms with E-state index in [0.717, 1.165) is 51.9 Å². The topological polar surface area (TPSA) is 24.5 Å². The van der Waals surface area contributed by atoms with E-state index in [1.54, 1.807) is 6.07 Å². The largest absolute Gasteiger partial charge is 0.416 e. The maximum atomic E-state index is 12.6. The first-order valence-electron chi connectivity index (χ1n) is 7.23. The van der Waals surface area contributed by atoms with Gasteiger partial charge in [0.05, 0.1) is 18.8 Å². The molecule has 0 amide bonds. The number of hydrogen-bond acceptors (Lipinski definition) is 3. The number of benzene rings is 1. The van der Waals surface area contributed by atoms with Gasteiger partial charge in [-0.15, -0.1) is 0 Å². The molecule has 1 fully saturated rings. The van der Waals surface area contributed by atoms with Crippen LogP contribution < -0.4 is 5.32 Å². The average Bonchev–Trinajstić information content (AvgIpc) is 2.47. The summed E-state index contributed by atoms with van der Waals surface area (Å²) in [6.07, 6.45) is -3.29. The standard InChI is InChI=1S/C15H21F3N2O/c16-15(17,18)14-4-1-3-13(11-14)12-19-5-2-6-20-7-9-21-10-8-20/h1,3-4,11,19H,2,5-10,12H2. The molecule has 1 aliphatic rings. The minimum Gasteiger partial charge on any atom is -0.379 e. The van der Waals surface area contributed by atoms with Gasteiger partial charge < -0.3 is 10.1 Å². The van der Waals surface area contributed by atoms with Crippen LogP contribution in [0.15, 0.2) is 24.3 Å². The van der Waals surface area contributed by atoms with Crippen molar-refractivity contribution >= 4 is 0 Å². The van der Waals surface area contributed by atoms with E-state index in [-0.39, 0.29) is 0 Å². The third kappa shape index (κ3) is 5.65. The van der Waals surface area contributed by atoms with Crippen molar-refractivity contribution in [2.45, 2.75) is 19.1 Å². The molecule has 0 unspecified atom stereocenters. The van der Waals surface area contributed by atoms with Crippen molar-refractivity contribution in [2.24, 2.45) is 0 Å². The lowest BCUT2D eigenvalue weighted by Gasteiger charge is -2.26. The average molecular weight is 302 g/mol. The Bertz CT molecular complexity index is 431. The van der Waals surface area contributed by atoms with E-state index in [1.807, 2.05) is 0 Å². The molecule has 21 heavy (non-hydrogen) atoms. The van der Waals surface area contributed by atoms with Crippen LogP contribution in [0, 0.1) is 0 Å². The Kier molecular flexibility index (Phi) is 6.02. The van der Waals surface area contributed by atoms with Crippen molar-refractivity contribution in [2.75, 3.05) is 39.4 Å². The monoisotopic (exact) mass is 302 g/mol. The highest BCUT2D eigenvalue weighted by atomic mass is 19.4. The number of hydrogen-bond donors (Lipinski definition) is 1. The molecule has 0 aromatic heterocycles. The van der Waals surface area contributed by atoms with Gasteiger partial charge in [0.25, 0.3) is 0 Å². The summed E-state index contributed by atoms with van der Waals surface area (Å²) in [4.78, 5) is 2.34. The molecule has 0 spiro atoms. The van der Waals surface area contributed by atoms with Crippen LogP contribution in [-0.4, -0.2) is 44.3 Å². The van der Waals surface area contributed by atoms with Crippen LogP contribution in [0.5, 0.6) is 0 Å². The summed E-state index contributed by atoms with van der Waals surface area (Å²) in [5.74, 6) is 0. The number of alkyl halides is 3. The molecule has 2 rings (SSSR count). The molecule has 0 radical (unpaired) electrons. The summed E-state index contributed by atoms with van der Waals surface area (Å²) in [5, 5.41) is 3.19. The third-order valence-corrected chi connectivity index (χ3v) is 3.52. The highest BCUT2D eigenvalue weighted by molar-refractivity contribution is 5.25. The van der Waals surface area contributed by atoms with Crippen LogP contribution in [0.2, 0.25) is 0 Å². The molecule has 1 N–H and O–H groups in total. The minimum atomic E-state index is -4.27. The molecular formula is C15H21F3N2O. The van der Waals surface area contributed by atoms with Crippen LogP contribution in [0.1, 0.15) is 17.5 Å². The molecule has 0 aliphatic carbocycles. The fourth-order valence-corrected chi connectivity index (χ4v) is 2.34. The number of halogens is 3. The van der Waals surface area contributed by atoms with Crippen LogP contribution in [0.4, 0.5) is 13.2 Å². The highest BCUT2D eigenvalue weighted by Crippen LogP contribution is 2.29. The maximum absolute atomic E-state index is 12.6. The first kappa shape index (κ1) is 16.3. The molecule has 1 heterocycles. The SMILES string of the molecule is FC(F)(F)c1cccc(CNCCCN2CCOCC2)c1. The summed E-state index contributed by atoms with van der Waals surface area (Å²) < 4.78 is 43.0. The van der Waals surface area contributed by atoms with Crippen molar-refractivity contribution in [1.29, 1.82) is 0 Å². The second kappa shape index (κ2) is 7.77. The van der Waals surface area contributed by atoms with E-state index >= 15 is 0 Å². The van der Waals surface area contributed by atoms with Gasteiger partial charge in [-0.25, -0.2) is 0 Å². The molecule has 6 heteroatoms. The number of nitrogens with one attached hydrogen (secondary N) is 1. The highest BCUT2D eigenvalue weighted by Gasteiger charge is 2.30. The van der Waals surface area contributed by atoms with Gasteiger partial charge in [-0.2, -0.15) is 13.2 Å². The maximum Gasteiger partial charge on any atom is 0.416 e. The van der Waals surface area contributed by atoms with Gasteiger partial charge in [-0.3, -0.25) is 4.90 Å². The summed E-state index contributed by atoms with van der Waals surface area (Å²) in [6, 6.07) is 5.47. The van der Waals surface area contributed by atoms with Crippen LogP contribution in [0.3, 0.4) is 0 Å². The van der Waals surface area contributed by atoms with Crippen LogP contribution in [-0.2, 0) is 17.5 Å². The van der Waals surface area contributed by atoms with Gasteiger partial charge in [0.1, 0.15) is 0 Å². The zero-order valence-corrected chi connectivity index (χ0v) is 12.0. The van der Waals surface area contributed by atoms with E-state index in [0.29, 0.717) is 12.1 Å². The molecular weight excluding hydrogens is 281 g/mol. The second-order valence-electron chi connectivity index (χ2n) is 5.18. The predicted molar refractivity (Wildman–Crippen MR) is 75.0 cm³/mol. The number of rotatable bonds is 6. The van der Waals surface area contributed by atoms with Crippen molar-refractivity contribution in [3.8, 4) is 0 Å². The van der Waals surface area contributed by atoms with Gasteiger partial charge >= 0.3 is 6.18 Å². The third-order valence-electron chi connectivity index (χ3n) is 3.52. The Balaban J connectivity index is 1.66. The molecule has 0 bridgehead atoms. The van der Waals surface area contributed by atoms with E-state index in [1.165, 1.54) is 12.1 Å². The van der Waals surface area contributed by atoms with Crippen molar-refractivity contribution in [1.82, 2.24) is 10.2 Å². The van der Waals surface area contributed by atoms with Gasteiger partial charge in [0, 0.05) is 19.6 Å². The Morgan fingerprint density at radius 2 is 1.95 bits per heavy atom. The van der Waals surface area contributed by atoms with Crippen LogP contribution >= 0.6 is 0 Å². The van der Waals surface area contributed by atoms with Gasteiger partial charge in [-0.1, -0.05) is 18.2 Å². The van der Waals surface area contributed by atoms with Gasteiger partial charge in [-0.05, 0) is 31.1 Å². The minimum absolute atomic E-state index is 0.465. The van der Waals surface area contributed by atoms with Gasteiger partial charge in [0.15, 0.2) is 0 Å². The fraction of sp³-hybridized carbons (Fsp3) is 0.600. The molecule has 0 atom stereocenters. The zero-order valence-electron chi connectivity index (χ0n) is 12.0. The lowest BCUT2D eigenvalue weighted by Crippen LogP contribution is -2.37. The fourth-order valence-electron chi connectivity index (χ4n) is 2.34. The van der Waals surface area contributed by atoms with Crippen molar-refractivity contribution < 1.29 is 17.9 Å². The molecule has 118 valence electrons. The Morgan fingerprint density at radius 3 is 2.67 bits per heavy atom. The van der Waals surface area contributed by atoms with Crippen molar-refractivity contribution in [3.63, 3.8) is 0 Å². The lowest BCUT2D eigenvalue weighted by atomic mass is 10.1. The summed E-state index contributed by atoms with van der Waals surface area (Å²) >= 11 is 0. The molecule has 1 saturated heterocycles.